The number of hydrogen-bond donors (Lipinski definition) is 0. The Hall–Kier alpha value is -1.35. The van der Waals surface area contributed by atoms with Gasteiger partial charge < -0.3 is 4.74 Å². The van der Waals surface area contributed by atoms with Crippen LogP contribution in [0, 0.1) is 5.92 Å². The monoisotopic (exact) mass is 273 g/mol. The van der Waals surface area contributed by atoms with Crippen LogP contribution in [0.4, 0.5) is 0 Å². The molecular formula is C17H23NO2. The maximum Gasteiger partial charge on any atom is 0.176 e. The lowest BCUT2D eigenvalue weighted by atomic mass is 10.0. The van der Waals surface area contributed by atoms with E-state index < -0.39 is 0 Å². The number of nitrogens with zero attached hydrogens (tertiary/aromatic N) is 1. The highest BCUT2D eigenvalue weighted by atomic mass is 16.5. The Balaban J connectivity index is 1.64. The van der Waals surface area contributed by atoms with Gasteiger partial charge in [0.05, 0.1) is 13.2 Å². The smallest absolute Gasteiger partial charge is 0.176 e. The van der Waals surface area contributed by atoms with Crippen LogP contribution >= 0.6 is 0 Å². The van der Waals surface area contributed by atoms with Crippen molar-refractivity contribution in [3.05, 3.63) is 29.3 Å². The summed E-state index contributed by atoms with van der Waals surface area (Å²) in [7, 11) is 0. The highest BCUT2D eigenvalue weighted by molar-refractivity contribution is 5.98. The molecule has 1 aromatic rings. The number of hydrogen-bond acceptors (Lipinski definition) is 3. The number of benzene rings is 1. The van der Waals surface area contributed by atoms with Crippen LogP contribution in [0.3, 0.4) is 0 Å². The number of Topliss-reactive ketones (excluding diaryl/α,β-unsaturated/α-hetero) is 1. The van der Waals surface area contributed by atoms with Crippen LogP contribution in [0.15, 0.2) is 18.2 Å². The molecule has 0 amide bonds. The Morgan fingerprint density at radius 3 is 3.00 bits per heavy atom. The van der Waals surface area contributed by atoms with Gasteiger partial charge in [0.1, 0.15) is 5.75 Å². The fourth-order valence-corrected chi connectivity index (χ4v) is 2.87. The molecule has 0 bridgehead atoms. The van der Waals surface area contributed by atoms with Crippen molar-refractivity contribution in [1.82, 2.24) is 4.90 Å². The zero-order valence-corrected chi connectivity index (χ0v) is 12.2. The van der Waals surface area contributed by atoms with E-state index in [9.17, 15) is 4.79 Å². The van der Waals surface area contributed by atoms with E-state index in [1.807, 2.05) is 18.2 Å². The highest BCUT2D eigenvalue weighted by Gasteiger charge is 2.25. The number of ketones is 1. The van der Waals surface area contributed by atoms with Gasteiger partial charge >= 0.3 is 0 Å². The number of ether oxygens (including phenoxy) is 1. The Bertz CT molecular complexity index is 494. The van der Waals surface area contributed by atoms with Gasteiger partial charge in [0.25, 0.3) is 0 Å². The third kappa shape index (κ3) is 3.21. The molecule has 0 atom stereocenters. The molecule has 3 heteroatoms. The lowest BCUT2D eigenvalue weighted by Gasteiger charge is -2.20. The molecule has 1 saturated carbocycles. The molecular weight excluding hydrogens is 250 g/mol. The zero-order chi connectivity index (χ0) is 13.9. The number of rotatable bonds is 7. The second kappa shape index (κ2) is 5.96. The zero-order valence-electron chi connectivity index (χ0n) is 12.2. The average molecular weight is 273 g/mol. The van der Waals surface area contributed by atoms with E-state index in [1.165, 1.54) is 18.4 Å². The first-order chi connectivity index (χ1) is 9.76. The van der Waals surface area contributed by atoms with E-state index in [2.05, 4.69) is 11.8 Å². The van der Waals surface area contributed by atoms with E-state index in [-0.39, 0.29) is 5.78 Å². The fraction of sp³-hybridized carbons (Fsp3) is 0.588. The second-order valence-corrected chi connectivity index (χ2v) is 6.02. The Morgan fingerprint density at radius 1 is 1.40 bits per heavy atom. The summed E-state index contributed by atoms with van der Waals surface area (Å²) in [5.41, 5.74) is 2.02. The molecule has 20 heavy (non-hydrogen) atoms. The molecule has 1 aliphatic carbocycles. The van der Waals surface area contributed by atoms with Gasteiger partial charge in [-0.25, -0.2) is 0 Å². The van der Waals surface area contributed by atoms with Gasteiger partial charge in [0, 0.05) is 18.5 Å². The number of carbonyl (C=O) groups is 1. The molecule has 1 heterocycles. The van der Waals surface area contributed by atoms with Crippen molar-refractivity contribution < 1.29 is 9.53 Å². The molecule has 1 fully saturated rings. The summed E-state index contributed by atoms with van der Waals surface area (Å²) in [4.78, 5) is 14.8. The third-order valence-electron chi connectivity index (χ3n) is 4.13. The van der Waals surface area contributed by atoms with E-state index in [1.54, 1.807) is 0 Å². The lowest BCUT2D eigenvalue weighted by molar-refractivity contribution is 0.0927. The molecule has 0 spiro atoms. The van der Waals surface area contributed by atoms with E-state index in [0.29, 0.717) is 6.54 Å². The van der Waals surface area contributed by atoms with Gasteiger partial charge in [-0.1, -0.05) is 6.92 Å². The van der Waals surface area contributed by atoms with Crippen molar-refractivity contribution in [2.45, 2.75) is 32.6 Å². The van der Waals surface area contributed by atoms with Gasteiger partial charge in [-0.2, -0.15) is 0 Å². The SMILES string of the molecule is CCCN(CC(=O)c1ccc2c(c1)CCO2)CC1CC1. The first-order valence-electron chi connectivity index (χ1n) is 7.77. The lowest BCUT2D eigenvalue weighted by Crippen LogP contribution is -2.32. The molecule has 2 aliphatic rings. The van der Waals surface area contributed by atoms with Crippen molar-refractivity contribution in [1.29, 1.82) is 0 Å². The summed E-state index contributed by atoms with van der Waals surface area (Å²) in [5, 5.41) is 0. The van der Waals surface area contributed by atoms with E-state index in [4.69, 9.17) is 4.74 Å². The normalized spacial score (nSPS) is 17.1. The second-order valence-electron chi connectivity index (χ2n) is 6.02. The van der Waals surface area contributed by atoms with Crippen LogP contribution < -0.4 is 4.74 Å². The molecule has 0 saturated heterocycles. The minimum absolute atomic E-state index is 0.244. The fourth-order valence-electron chi connectivity index (χ4n) is 2.87. The van der Waals surface area contributed by atoms with Crippen LogP contribution in [-0.2, 0) is 6.42 Å². The molecule has 3 rings (SSSR count). The molecule has 0 radical (unpaired) electrons. The summed E-state index contributed by atoms with van der Waals surface area (Å²) in [6.07, 6.45) is 4.71. The van der Waals surface area contributed by atoms with Crippen molar-refractivity contribution in [3.63, 3.8) is 0 Å². The van der Waals surface area contributed by atoms with Crippen LogP contribution in [0.5, 0.6) is 5.75 Å². The van der Waals surface area contributed by atoms with E-state index in [0.717, 1.165) is 49.8 Å². The molecule has 3 nitrogen and oxygen atoms in total. The van der Waals surface area contributed by atoms with Crippen molar-refractivity contribution >= 4 is 5.78 Å². The van der Waals surface area contributed by atoms with Gasteiger partial charge in [0.2, 0.25) is 0 Å². The standard InChI is InChI=1S/C17H23NO2/c1-2-8-18(11-13-3-4-13)12-16(19)14-5-6-17-15(10-14)7-9-20-17/h5-6,10,13H,2-4,7-9,11-12H2,1H3. The summed E-state index contributed by atoms with van der Waals surface area (Å²) in [5.74, 6) is 2.03. The number of fused-ring (bicyclic) bond motifs is 1. The molecule has 1 aromatic carbocycles. The number of carbonyl (C=O) groups excluding carboxylic acids is 1. The Morgan fingerprint density at radius 2 is 2.25 bits per heavy atom. The first kappa shape index (κ1) is 13.6. The summed E-state index contributed by atoms with van der Waals surface area (Å²) in [6.45, 7) is 5.60. The van der Waals surface area contributed by atoms with Gasteiger partial charge in [0.15, 0.2) is 5.78 Å². The third-order valence-corrected chi connectivity index (χ3v) is 4.13. The average Bonchev–Trinajstić information content (AvgIpc) is 3.13. The van der Waals surface area contributed by atoms with Crippen LogP contribution in [0.2, 0.25) is 0 Å². The predicted molar refractivity (Wildman–Crippen MR) is 79.4 cm³/mol. The van der Waals surface area contributed by atoms with Crippen molar-refractivity contribution in [3.8, 4) is 5.75 Å². The molecule has 0 aromatic heterocycles. The molecule has 1 aliphatic heterocycles. The van der Waals surface area contributed by atoms with Crippen LogP contribution in [0.1, 0.15) is 42.1 Å². The summed E-state index contributed by atoms with van der Waals surface area (Å²) >= 11 is 0. The maximum atomic E-state index is 12.4. The molecule has 108 valence electrons. The largest absolute Gasteiger partial charge is 0.493 e. The topological polar surface area (TPSA) is 29.5 Å². The summed E-state index contributed by atoms with van der Waals surface area (Å²) < 4.78 is 5.49. The quantitative estimate of drug-likeness (QED) is 0.715. The Kier molecular flexibility index (Phi) is 4.06. The molecule has 0 N–H and O–H groups in total. The first-order valence-corrected chi connectivity index (χ1v) is 7.77. The Labute approximate surface area is 120 Å². The summed E-state index contributed by atoms with van der Waals surface area (Å²) in [6, 6.07) is 5.88. The van der Waals surface area contributed by atoms with Crippen molar-refractivity contribution in [2.75, 3.05) is 26.2 Å². The van der Waals surface area contributed by atoms with Crippen LogP contribution in [-0.4, -0.2) is 36.9 Å². The van der Waals surface area contributed by atoms with Crippen molar-refractivity contribution in [2.24, 2.45) is 5.92 Å². The predicted octanol–water partition coefficient (Wildman–Crippen LogP) is 2.93. The minimum atomic E-state index is 0.244. The van der Waals surface area contributed by atoms with Gasteiger partial charge in [-0.15, -0.1) is 0 Å². The van der Waals surface area contributed by atoms with E-state index >= 15 is 0 Å². The maximum absolute atomic E-state index is 12.4. The van der Waals surface area contributed by atoms with Crippen LogP contribution in [0.25, 0.3) is 0 Å². The highest BCUT2D eigenvalue weighted by Crippen LogP contribution is 2.30. The molecule has 0 unspecified atom stereocenters. The van der Waals surface area contributed by atoms with Gasteiger partial charge in [-0.3, -0.25) is 9.69 Å². The minimum Gasteiger partial charge on any atom is -0.493 e. The van der Waals surface area contributed by atoms with Gasteiger partial charge in [-0.05, 0) is 55.5 Å².